The molecule has 1 aromatic heterocycles. The van der Waals surface area contributed by atoms with Gasteiger partial charge in [0, 0.05) is 24.2 Å². The van der Waals surface area contributed by atoms with Crippen LogP contribution in [0.1, 0.15) is 78.4 Å². The number of imidazole rings is 1. The van der Waals surface area contributed by atoms with Crippen molar-refractivity contribution < 1.29 is 19.1 Å². The minimum atomic E-state index is -1.09. The molecule has 0 spiro atoms. The molecule has 0 bridgehead atoms. The van der Waals surface area contributed by atoms with Gasteiger partial charge in [-0.2, -0.15) is 0 Å². The Balaban J connectivity index is 1.38. The third-order valence-electron chi connectivity index (χ3n) is 7.46. The molecule has 5 rings (SSSR count). The van der Waals surface area contributed by atoms with Crippen LogP contribution in [-0.2, 0) is 17.9 Å². The van der Waals surface area contributed by atoms with Crippen molar-refractivity contribution in [2.45, 2.75) is 82.6 Å². The summed E-state index contributed by atoms with van der Waals surface area (Å²) < 4.78 is 7.06. The van der Waals surface area contributed by atoms with E-state index in [-0.39, 0.29) is 54.3 Å². The Kier molecular flexibility index (Phi) is 6.25. The Labute approximate surface area is 205 Å². The first-order valence-corrected chi connectivity index (χ1v) is 12.5. The maximum absolute atomic E-state index is 13.8. The van der Waals surface area contributed by atoms with Crippen LogP contribution in [0, 0.1) is 0 Å². The maximum Gasteiger partial charge on any atom is 0.274 e. The molecule has 0 saturated heterocycles. The zero-order valence-electron chi connectivity index (χ0n) is 20.4. The summed E-state index contributed by atoms with van der Waals surface area (Å²) in [5.74, 6) is -0.155. The number of nitrogens with one attached hydrogen (secondary N) is 2. The topological polar surface area (TPSA) is 106 Å². The molecular weight excluding hydrogens is 446 g/mol. The van der Waals surface area contributed by atoms with Crippen LogP contribution in [0.15, 0.2) is 30.6 Å². The van der Waals surface area contributed by atoms with E-state index < -0.39 is 5.54 Å². The number of methoxy groups -OCH3 is 1. The first-order chi connectivity index (χ1) is 16.9. The van der Waals surface area contributed by atoms with Gasteiger partial charge in [0.1, 0.15) is 17.0 Å². The lowest BCUT2D eigenvalue weighted by molar-refractivity contribution is -0.133. The van der Waals surface area contributed by atoms with Crippen LogP contribution in [0.25, 0.3) is 0 Å². The molecule has 0 radical (unpaired) electrons. The minimum Gasteiger partial charge on any atom is -0.496 e. The lowest BCUT2D eigenvalue weighted by Gasteiger charge is -2.44. The Morgan fingerprint density at radius 2 is 1.89 bits per heavy atom. The fourth-order valence-corrected chi connectivity index (χ4v) is 5.44. The zero-order chi connectivity index (χ0) is 24.6. The molecule has 3 aliphatic rings. The van der Waals surface area contributed by atoms with E-state index in [0.29, 0.717) is 5.75 Å². The zero-order valence-corrected chi connectivity index (χ0v) is 20.4. The SMILES string of the molecule is COc1ccccc1CNC(=O)C1(C)Cn2cnc(C(=O)NC3CCCCC3)c2C(=O)N1C1CC1. The monoisotopic (exact) mass is 479 g/mol. The molecule has 1 aromatic carbocycles. The number of carbonyl (C=O) groups is 3. The number of aromatic nitrogens is 2. The molecule has 3 amide bonds. The summed E-state index contributed by atoms with van der Waals surface area (Å²) in [6, 6.07) is 7.63. The number of hydrogen-bond donors (Lipinski definition) is 2. The summed E-state index contributed by atoms with van der Waals surface area (Å²) in [5, 5.41) is 6.07. The molecule has 2 N–H and O–H groups in total. The summed E-state index contributed by atoms with van der Waals surface area (Å²) in [4.78, 5) is 46.3. The summed E-state index contributed by atoms with van der Waals surface area (Å²) >= 11 is 0. The van der Waals surface area contributed by atoms with Gasteiger partial charge in [-0.05, 0) is 38.7 Å². The van der Waals surface area contributed by atoms with E-state index in [1.807, 2.05) is 24.3 Å². The standard InChI is InChI=1S/C26H33N5O4/c1-26(25(34)27-14-17-8-6-7-11-20(17)35-2)15-30-16-28-21(22(30)24(33)31(26)19-12-13-19)23(32)29-18-9-4-3-5-10-18/h6-8,11,16,18-19H,3-5,9-10,12-15H2,1-2H3,(H,27,34)(H,29,32). The number of carbonyl (C=O) groups excluding carboxylic acids is 3. The highest BCUT2D eigenvalue weighted by Crippen LogP contribution is 2.39. The van der Waals surface area contributed by atoms with Gasteiger partial charge in [0.25, 0.3) is 11.8 Å². The van der Waals surface area contributed by atoms with E-state index in [0.717, 1.165) is 44.1 Å². The molecule has 9 heteroatoms. The van der Waals surface area contributed by atoms with E-state index >= 15 is 0 Å². The van der Waals surface area contributed by atoms with E-state index in [4.69, 9.17) is 4.74 Å². The van der Waals surface area contributed by atoms with Gasteiger partial charge in [0.15, 0.2) is 5.69 Å². The van der Waals surface area contributed by atoms with Gasteiger partial charge in [0.05, 0.1) is 20.0 Å². The molecule has 2 heterocycles. The van der Waals surface area contributed by atoms with Crippen molar-refractivity contribution in [2.75, 3.05) is 7.11 Å². The highest BCUT2D eigenvalue weighted by molar-refractivity contribution is 6.07. The summed E-state index contributed by atoms with van der Waals surface area (Å²) in [5.41, 5.74) is 0.199. The van der Waals surface area contributed by atoms with Gasteiger partial charge in [-0.25, -0.2) is 4.98 Å². The van der Waals surface area contributed by atoms with Crippen LogP contribution in [0.4, 0.5) is 0 Å². The number of para-hydroxylation sites is 1. The van der Waals surface area contributed by atoms with Crippen LogP contribution < -0.4 is 15.4 Å². The fourth-order valence-electron chi connectivity index (χ4n) is 5.44. The average Bonchev–Trinajstić information content (AvgIpc) is 3.60. The third-order valence-corrected chi connectivity index (χ3v) is 7.46. The van der Waals surface area contributed by atoms with Crippen molar-refractivity contribution in [3.8, 4) is 5.75 Å². The van der Waals surface area contributed by atoms with Crippen molar-refractivity contribution in [1.82, 2.24) is 25.1 Å². The number of benzene rings is 1. The Morgan fingerprint density at radius 3 is 2.60 bits per heavy atom. The quantitative estimate of drug-likeness (QED) is 0.635. The molecular formula is C26H33N5O4. The fraction of sp³-hybridized carbons (Fsp3) is 0.538. The first kappa shape index (κ1) is 23.4. The minimum absolute atomic E-state index is 0.0117. The predicted octanol–water partition coefficient (Wildman–Crippen LogP) is 2.65. The molecule has 2 saturated carbocycles. The second kappa shape index (κ2) is 9.36. The van der Waals surface area contributed by atoms with Crippen LogP contribution in [0.3, 0.4) is 0 Å². The highest BCUT2D eigenvalue weighted by atomic mass is 16.5. The predicted molar refractivity (Wildman–Crippen MR) is 129 cm³/mol. The van der Waals surface area contributed by atoms with E-state index in [1.54, 1.807) is 23.5 Å². The third kappa shape index (κ3) is 4.39. The number of hydrogen-bond acceptors (Lipinski definition) is 5. The van der Waals surface area contributed by atoms with Crippen LogP contribution in [-0.4, -0.2) is 56.9 Å². The number of amides is 3. The van der Waals surface area contributed by atoms with Crippen molar-refractivity contribution in [3.05, 3.63) is 47.5 Å². The Hall–Kier alpha value is -3.36. The molecule has 2 fully saturated rings. The van der Waals surface area contributed by atoms with Gasteiger partial charge < -0.3 is 24.8 Å². The van der Waals surface area contributed by atoms with E-state index in [1.165, 1.54) is 12.7 Å². The van der Waals surface area contributed by atoms with Crippen LogP contribution >= 0.6 is 0 Å². The molecule has 35 heavy (non-hydrogen) atoms. The maximum atomic E-state index is 13.8. The molecule has 9 nitrogen and oxygen atoms in total. The molecule has 2 aliphatic carbocycles. The van der Waals surface area contributed by atoms with Crippen molar-refractivity contribution >= 4 is 17.7 Å². The number of ether oxygens (including phenoxy) is 1. The lowest BCUT2D eigenvalue weighted by Crippen LogP contribution is -2.64. The van der Waals surface area contributed by atoms with E-state index in [2.05, 4.69) is 15.6 Å². The smallest absolute Gasteiger partial charge is 0.274 e. The van der Waals surface area contributed by atoms with Crippen molar-refractivity contribution in [3.63, 3.8) is 0 Å². The van der Waals surface area contributed by atoms with Gasteiger partial charge >= 0.3 is 0 Å². The Bertz CT molecular complexity index is 1130. The average molecular weight is 480 g/mol. The summed E-state index contributed by atoms with van der Waals surface area (Å²) in [6.45, 7) is 2.33. The molecule has 1 aliphatic heterocycles. The van der Waals surface area contributed by atoms with Crippen molar-refractivity contribution in [2.24, 2.45) is 0 Å². The molecule has 2 aromatic rings. The van der Waals surface area contributed by atoms with Crippen LogP contribution in [0.2, 0.25) is 0 Å². The van der Waals surface area contributed by atoms with Crippen LogP contribution in [0.5, 0.6) is 5.75 Å². The van der Waals surface area contributed by atoms with Gasteiger partial charge in [-0.15, -0.1) is 0 Å². The second-order valence-corrected chi connectivity index (χ2v) is 10.1. The molecule has 186 valence electrons. The molecule has 1 atom stereocenters. The summed E-state index contributed by atoms with van der Waals surface area (Å²) in [7, 11) is 1.60. The number of nitrogens with zero attached hydrogens (tertiary/aromatic N) is 3. The lowest BCUT2D eigenvalue weighted by atomic mass is 9.93. The largest absolute Gasteiger partial charge is 0.496 e. The van der Waals surface area contributed by atoms with E-state index in [9.17, 15) is 14.4 Å². The summed E-state index contributed by atoms with van der Waals surface area (Å²) in [6.07, 6.45) is 8.50. The number of fused-ring (bicyclic) bond motifs is 1. The van der Waals surface area contributed by atoms with Crippen molar-refractivity contribution in [1.29, 1.82) is 0 Å². The molecule has 1 unspecified atom stereocenters. The second-order valence-electron chi connectivity index (χ2n) is 10.1. The van der Waals surface area contributed by atoms with Gasteiger partial charge in [-0.3, -0.25) is 14.4 Å². The first-order valence-electron chi connectivity index (χ1n) is 12.5. The normalized spacial score (nSPS) is 22.5. The highest BCUT2D eigenvalue weighted by Gasteiger charge is 2.53. The van der Waals surface area contributed by atoms with Gasteiger partial charge in [0.2, 0.25) is 5.91 Å². The van der Waals surface area contributed by atoms with Gasteiger partial charge in [-0.1, -0.05) is 37.5 Å². The Morgan fingerprint density at radius 1 is 1.14 bits per heavy atom. The number of rotatable bonds is 7.